The second-order valence-electron chi connectivity index (χ2n) is 7.84. The molecule has 1 aliphatic heterocycles. The number of aromatic carboxylic acids is 1. The zero-order chi connectivity index (χ0) is 23.4. The Kier molecular flexibility index (Phi) is 6.44. The van der Waals surface area contributed by atoms with Gasteiger partial charge in [-0.05, 0) is 54.7 Å². The largest absolute Gasteiger partial charge is 0.494 e. The maximum Gasteiger partial charge on any atom is 0.338 e. The van der Waals surface area contributed by atoms with Crippen LogP contribution in [-0.4, -0.2) is 22.6 Å². The molecule has 0 spiro atoms. The van der Waals surface area contributed by atoms with E-state index in [1.54, 1.807) is 0 Å². The van der Waals surface area contributed by atoms with Crippen LogP contribution in [0.2, 0.25) is 0 Å². The van der Waals surface area contributed by atoms with Gasteiger partial charge in [0.2, 0.25) is 0 Å². The SMILES string of the molecule is CCCCOc1cccc(CCc2ccc3c(c2)Oc2cc([N+](=O)[O-])cc(C(=O)O)c2N3)c1. The van der Waals surface area contributed by atoms with Gasteiger partial charge in [-0.15, -0.1) is 0 Å². The van der Waals surface area contributed by atoms with Crippen molar-refractivity contribution in [3.8, 4) is 17.2 Å². The first-order valence-electron chi connectivity index (χ1n) is 10.8. The number of hydrogen-bond acceptors (Lipinski definition) is 6. The predicted octanol–water partition coefficient (Wildman–Crippen LogP) is 6.11. The number of nitro benzene ring substituents is 1. The monoisotopic (exact) mass is 448 g/mol. The van der Waals surface area contributed by atoms with E-state index in [1.807, 2.05) is 30.3 Å². The lowest BCUT2D eigenvalue weighted by Crippen LogP contribution is -2.10. The summed E-state index contributed by atoms with van der Waals surface area (Å²) in [6, 6.07) is 16.0. The highest BCUT2D eigenvalue weighted by Crippen LogP contribution is 2.45. The van der Waals surface area contributed by atoms with E-state index in [9.17, 15) is 20.0 Å². The zero-order valence-corrected chi connectivity index (χ0v) is 18.2. The van der Waals surface area contributed by atoms with Crippen LogP contribution in [-0.2, 0) is 12.8 Å². The van der Waals surface area contributed by atoms with Crippen LogP contribution >= 0.6 is 0 Å². The summed E-state index contributed by atoms with van der Waals surface area (Å²) in [6.45, 7) is 2.83. The molecule has 0 aromatic heterocycles. The molecule has 8 heteroatoms. The molecule has 0 fully saturated rings. The van der Waals surface area contributed by atoms with Gasteiger partial charge in [0.15, 0.2) is 11.5 Å². The maximum atomic E-state index is 11.6. The lowest BCUT2D eigenvalue weighted by atomic mass is 10.0. The third-order valence-electron chi connectivity index (χ3n) is 5.42. The number of nitrogens with zero attached hydrogens (tertiary/aromatic N) is 1. The van der Waals surface area contributed by atoms with Crippen molar-refractivity contribution < 1.29 is 24.3 Å². The molecule has 170 valence electrons. The lowest BCUT2D eigenvalue weighted by molar-refractivity contribution is -0.384. The van der Waals surface area contributed by atoms with Gasteiger partial charge >= 0.3 is 5.97 Å². The van der Waals surface area contributed by atoms with E-state index in [4.69, 9.17) is 9.47 Å². The quantitative estimate of drug-likeness (QED) is 0.181. The van der Waals surface area contributed by atoms with Crippen LogP contribution in [0.25, 0.3) is 0 Å². The van der Waals surface area contributed by atoms with Gasteiger partial charge in [-0.2, -0.15) is 0 Å². The summed E-state index contributed by atoms with van der Waals surface area (Å²) in [6.07, 6.45) is 3.68. The van der Waals surface area contributed by atoms with Crippen molar-refractivity contribution in [3.63, 3.8) is 0 Å². The Morgan fingerprint density at radius 2 is 1.88 bits per heavy atom. The number of rotatable bonds is 9. The second kappa shape index (κ2) is 9.60. The summed E-state index contributed by atoms with van der Waals surface area (Å²) in [5.41, 5.74) is 2.44. The molecule has 0 saturated heterocycles. The van der Waals surface area contributed by atoms with E-state index in [1.165, 1.54) is 6.07 Å². The average molecular weight is 448 g/mol. The van der Waals surface area contributed by atoms with Gasteiger partial charge in [-0.25, -0.2) is 4.79 Å². The number of benzene rings is 3. The third kappa shape index (κ3) is 5.06. The molecular formula is C25H24N2O6. The third-order valence-corrected chi connectivity index (χ3v) is 5.42. The van der Waals surface area contributed by atoms with Crippen LogP contribution in [0.4, 0.5) is 17.1 Å². The van der Waals surface area contributed by atoms with E-state index < -0.39 is 10.9 Å². The van der Waals surface area contributed by atoms with Gasteiger partial charge < -0.3 is 19.9 Å². The molecule has 33 heavy (non-hydrogen) atoms. The highest BCUT2D eigenvalue weighted by atomic mass is 16.6. The minimum absolute atomic E-state index is 0.114. The highest BCUT2D eigenvalue weighted by Gasteiger charge is 2.26. The fraction of sp³-hybridized carbons (Fsp3) is 0.240. The standard InChI is InChI=1S/C25H24N2O6/c1-2-3-11-32-19-6-4-5-16(12-19)7-8-17-9-10-21-22(13-17)33-23-15-18(27(30)31)14-20(25(28)29)24(23)26-21/h4-6,9-10,12-15,26H,2-3,7-8,11H2,1H3,(H,28,29). The highest BCUT2D eigenvalue weighted by molar-refractivity contribution is 5.99. The minimum Gasteiger partial charge on any atom is -0.494 e. The zero-order valence-electron chi connectivity index (χ0n) is 18.2. The molecule has 0 unspecified atom stereocenters. The number of unbranched alkanes of at least 4 members (excludes halogenated alkanes) is 1. The Morgan fingerprint density at radius 1 is 1.09 bits per heavy atom. The molecule has 2 N–H and O–H groups in total. The molecule has 1 heterocycles. The molecule has 0 bridgehead atoms. The van der Waals surface area contributed by atoms with Crippen molar-refractivity contribution in [2.45, 2.75) is 32.6 Å². The fourth-order valence-corrected chi connectivity index (χ4v) is 3.66. The smallest absolute Gasteiger partial charge is 0.338 e. The van der Waals surface area contributed by atoms with E-state index in [2.05, 4.69) is 24.4 Å². The van der Waals surface area contributed by atoms with Crippen molar-refractivity contribution in [2.75, 3.05) is 11.9 Å². The number of hydrogen-bond donors (Lipinski definition) is 2. The van der Waals surface area contributed by atoms with Crippen LogP contribution in [0.5, 0.6) is 17.2 Å². The van der Waals surface area contributed by atoms with Crippen LogP contribution in [0.3, 0.4) is 0 Å². The summed E-state index contributed by atoms with van der Waals surface area (Å²) in [7, 11) is 0. The van der Waals surface area contributed by atoms with Crippen molar-refractivity contribution >= 4 is 23.0 Å². The predicted molar refractivity (Wildman–Crippen MR) is 124 cm³/mol. The second-order valence-corrected chi connectivity index (χ2v) is 7.84. The number of nitro groups is 1. The number of ether oxygens (including phenoxy) is 2. The first kappa shape index (κ1) is 22.1. The molecule has 0 radical (unpaired) electrons. The molecule has 4 rings (SSSR count). The van der Waals surface area contributed by atoms with Crippen LogP contribution in [0.1, 0.15) is 41.3 Å². The number of anilines is 2. The summed E-state index contributed by atoms with van der Waals surface area (Å²) >= 11 is 0. The number of aryl methyl sites for hydroxylation is 2. The topological polar surface area (TPSA) is 111 Å². The van der Waals surface area contributed by atoms with Gasteiger partial charge in [0, 0.05) is 6.07 Å². The number of carboxylic acid groups (broad SMARTS) is 1. The Bertz CT molecular complexity index is 1210. The fourth-order valence-electron chi connectivity index (χ4n) is 3.66. The molecule has 8 nitrogen and oxygen atoms in total. The lowest BCUT2D eigenvalue weighted by Gasteiger charge is -2.23. The number of non-ortho nitro benzene ring substituents is 1. The molecule has 0 saturated carbocycles. The Morgan fingerprint density at radius 3 is 2.61 bits per heavy atom. The molecular weight excluding hydrogens is 424 g/mol. The number of fused-ring (bicyclic) bond motifs is 2. The molecule has 3 aromatic rings. The molecule has 0 amide bonds. The normalized spacial score (nSPS) is 11.5. The van der Waals surface area contributed by atoms with Gasteiger partial charge in [0.05, 0.1) is 34.5 Å². The van der Waals surface area contributed by atoms with E-state index in [-0.39, 0.29) is 22.7 Å². The van der Waals surface area contributed by atoms with Gasteiger partial charge in [-0.3, -0.25) is 10.1 Å². The molecule has 1 aliphatic rings. The average Bonchev–Trinajstić information content (AvgIpc) is 2.81. The van der Waals surface area contributed by atoms with Gasteiger partial charge in [0.25, 0.3) is 5.69 Å². The number of carboxylic acids is 1. The van der Waals surface area contributed by atoms with Crippen molar-refractivity contribution in [3.05, 3.63) is 81.4 Å². The Hall–Kier alpha value is -4.07. The van der Waals surface area contributed by atoms with Crippen molar-refractivity contribution in [1.29, 1.82) is 0 Å². The van der Waals surface area contributed by atoms with E-state index in [0.29, 0.717) is 18.0 Å². The van der Waals surface area contributed by atoms with Crippen LogP contribution in [0.15, 0.2) is 54.6 Å². The summed E-state index contributed by atoms with van der Waals surface area (Å²) in [4.78, 5) is 22.2. The summed E-state index contributed by atoms with van der Waals surface area (Å²) < 4.78 is 11.7. The molecule has 3 aromatic carbocycles. The van der Waals surface area contributed by atoms with E-state index in [0.717, 1.165) is 48.6 Å². The summed E-state index contributed by atoms with van der Waals surface area (Å²) in [5, 5.41) is 23.7. The van der Waals surface area contributed by atoms with Crippen LogP contribution in [0, 0.1) is 10.1 Å². The molecule has 0 aliphatic carbocycles. The van der Waals surface area contributed by atoms with Gasteiger partial charge in [0.1, 0.15) is 5.75 Å². The van der Waals surface area contributed by atoms with Crippen molar-refractivity contribution in [2.24, 2.45) is 0 Å². The van der Waals surface area contributed by atoms with Crippen molar-refractivity contribution in [1.82, 2.24) is 0 Å². The first-order valence-corrected chi connectivity index (χ1v) is 10.8. The number of nitrogens with one attached hydrogen (secondary N) is 1. The molecule has 0 atom stereocenters. The van der Waals surface area contributed by atoms with Gasteiger partial charge in [-0.1, -0.05) is 31.5 Å². The van der Waals surface area contributed by atoms with Crippen LogP contribution < -0.4 is 14.8 Å². The first-order chi connectivity index (χ1) is 15.9. The number of carbonyl (C=O) groups is 1. The maximum absolute atomic E-state index is 11.6. The Balaban J connectivity index is 1.50. The van der Waals surface area contributed by atoms with E-state index >= 15 is 0 Å². The summed E-state index contributed by atoms with van der Waals surface area (Å²) in [5.74, 6) is 0.204. The minimum atomic E-state index is -1.27. The Labute approximate surface area is 190 Å².